The molecule has 166 valence electrons. The largest absolute Gasteiger partial charge is 0.484 e. The van der Waals surface area contributed by atoms with Gasteiger partial charge in [-0.05, 0) is 47.9 Å². The van der Waals surface area contributed by atoms with E-state index in [-0.39, 0.29) is 24.3 Å². The van der Waals surface area contributed by atoms with Gasteiger partial charge in [0.05, 0.1) is 6.21 Å². The van der Waals surface area contributed by atoms with Crippen molar-refractivity contribution in [3.63, 3.8) is 0 Å². The summed E-state index contributed by atoms with van der Waals surface area (Å²) in [4.78, 5) is 24.9. The highest BCUT2D eigenvalue weighted by atomic mass is 16.5. The van der Waals surface area contributed by atoms with E-state index in [4.69, 9.17) is 4.74 Å². The lowest BCUT2D eigenvalue weighted by Crippen LogP contribution is -2.47. The number of amides is 2. The third-order valence-corrected chi connectivity index (χ3v) is 4.80. The molecular weight excluding hydrogens is 390 g/mol. The molecule has 0 radical (unpaired) electrons. The Bertz CT molecular complexity index is 889. The number of nitrogens with one attached hydrogen (secondary N) is 2. The molecule has 0 spiro atoms. The van der Waals surface area contributed by atoms with Crippen LogP contribution in [-0.4, -0.2) is 30.7 Å². The number of benzene rings is 2. The van der Waals surface area contributed by atoms with Crippen molar-refractivity contribution in [2.24, 2.45) is 11.0 Å². The minimum absolute atomic E-state index is 0.155. The van der Waals surface area contributed by atoms with Gasteiger partial charge in [0.2, 0.25) is 0 Å². The molecule has 2 amide bonds. The van der Waals surface area contributed by atoms with Crippen LogP contribution < -0.4 is 15.5 Å². The molecule has 0 aliphatic carbocycles. The molecule has 0 heterocycles. The second kappa shape index (κ2) is 11.9. The van der Waals surface area contributed by atoms with E-state index >= 15 is 0 Å². The zero-order valence-electron chi connectivity index (χ0n) is 19.0. The van der Waals surface area contributed by atoms with Crippen LogP contribution in [0.4, 0.5) is 0 Å². The summed E-state index contributed by atoms with van der Waals surface area (Å²) in [6.07, 6.45) is 2.10. The van der Waals surface area contributed by atoms with Crippen molar-refractivity contribution in [2.45, 2.75) is 53.0 Å². The molecule has 0 saturated carbocycles. The van der Waals surface area contributed by atoms with Crippen molar-refractivity contribution in [2.75, 3.05) is 6.61 Å². The standard InChI is InChI=1S/C25H33N3O3/c1-17(2)14-22(27-24(29)16-31-23-9-7-6-8-19(23)5)25(30)28-26-15-20-10-12-21(13-11-20)18(3)4/h6-13,15,17-18,22H,14,16H2,1-5H3,(H,27,29)(H,28,30)/b26-15-/t22-/m1/s1. The minimum atomic E-state index is -0.687. The van der Waals surface area contributed by atoms with Crippen LogP contribution in [0.5, 0.6) is 5.75 Å². The lowest BCUT2D eigenvalue weighted by atomic mass is 10.0. The van der Waals surface area contributed by atoms with Gasteiger partial charge in [0.15, 0.2) is 6.61 Å². The Morgan fingerprint density at radius 1 is 1.03 bits per heavy atom. The molecule has 2 aromatic carbocycles. The Hall–Kier alpha value is -3.15. The van der Waals surface area contributed by atoms with Gasteiger partial charge in [-0.15, -0.1) is 0 Å². The summed E-state index contributed by atoms with van der Waals surface area (Å²) in [5.74, 6) is 0.627. The van der Waals surface area contributed by atoms with Gasteiger partial charge in [0.25, 0.3) is 11.8 Å². The number of carbonyl (C=O) groups is 2. The van der Waals surface area contributed by atoms with E-state index in [1.54, 1.807) is 6.21 Å². The summed E-state index contributed by atoms with van der Waals surface area (Å²) >= 11 is 0. The molecule has 6 heteroatoms. The Labute approximate surface area is 185 Å². The van der Waals surface area contributed by atoms with Gasteiger partial charge in [-0.25, -0.2) is 5.43 Å². The van der Waals surface area contributed by atoms with E-state index in [9.17, 15) is 9.59 Å². The average Bonchev–Trinajstić information content (AvgIpc) is 2.72. The predicted molar refractivity (Wildman–Crippen MR) is 124 cm³/mol. The van der Waals surface area contributed by atoms with Crippen molar-refractivity contribution >= 4 is 18.0 Å². The summed E-state index contributed by atoms with van der Waals surface area (Å²) in [6, 6.07) is 14.8. The summed E-state index contributed by atoms with van der Waals surface area (Å²) in [5, 5.41) is 6.81. The van der Waals surface area contributed by atoms with Crippen LogP contribution in [0.1, 0.15) is 56.7 Å². The number of carbonyl (C=O) groups excluding carboxylic acids is 2. The van der Waals surface area contributed by atoms with E-state index in [0.29, 0.717) is 18.1 Å². The summed E-state index contributed by atoms with van der Waals surface area (Å²) in [6.45, 7) is 10.0. The maximum atomic E-state index is 12.6. The first-order valence-corrected chi connectivity index (χ1v) is 10.7. The fraction of sp³-hybridized carbons (Fsp3) is 0.400. The summed E-state index contributed by atoms with van der Waals surface area (Å²) in [5.41, 5.74) is 5.62. The van der Waals surface area contributed by atoms with Crippen LogP contribution >= 0.6 is 0 Å². The second-order valence-corrected chi connectivity index (χ2v) is 8.36. The quantitative estimate of drug-likeness (QED) is 0.444. The van der Waals surface area contributed by atoms with E-state index in [1.807, 2.05) is 69.3 Å². The molecule has 0 aliphatic rings. The lowest BCUT2D eigenvalue weighted by Gasteiger charge is -2.19. The average molecular weight is 424 g/mol. The van der Waals surface area contributed by atoms with E-state index < -0.39 is 6.04 Å². The Balaban J connectivity index is 1.91. The molecular formula is C25H33N3O3. The smallest absolute Gasteiger partial charge is 0.262 e. The number of hydrazone groups is 1. The fourth-order valence-electron chi connectivity index (χ4n) is 3.02. The Morgan fingerprint density at radius 3 is 2.32 bits per heavy atom. The molecule has 0 saturated heterocycles. The van der Waals surface area contributed by atoms with Crippen LogP contribution in [0, 0.1) is 12.8 Å². The normalized spacial score (nSPS) is 12.2. The van der Waals surface area contributed by atoms with Crippen LogP contribution in [0.15, 0.2) is 53.6 Å². The van der Waals surface area contributed by atoms with Gasteiger partial charge in [0.1, 0.15) is 11.8 Å². The van der Waals surface area contributed by atoms with Crippen LogP contribution in [0.25, 0.3) is 0 Å². The van der Waals surface area contributed by atoms with Gasteiger partial charge >= 0.3 is 0 Å². The van der Waals surface area contributed by atoms with E-state index in [2.05, 4.69) is 29.7 Å². The molecule has 2 aromatic rings. The number of nitrogens with zero attached hydrogens (tertiary/aromatic N) is 1. The molecule has 6 nitrogen and oxygen atoms in total. The second-order valence-electron chi connectivity index (χ2n) is 8.36. The number of ether oxygens (including phenoxy) is 1. The van der Waals surface area contributed by atoms with Crippen LogP contribution in [-0.2, 0) is 9.59 Å². The van der Waals surface area contributed by atoms with Crippen molar-refractivity contribution in [3.8, 4) is 5.75 Å². The maximum absolute atomic E-state index is 12.6. The van der Waals surface area contributed by atoms with Crippen molar-refractivity contribution < 1.29 is 14.3 Å². The monoisotopic (exact) mass is 423 g/mol. The van der Waals surface area contributed by atoms with Gasteiger partial charge in [-0.2, -0.15) is 5.10 Å². The summed E-state index contributed by atoms with van der Waals surface area (Å²) in [7, 11) is 0. The van der Waals surface area contributed by atoms with Crippen molar-refractivity contribution in [1.29, 1.82) is 0 Å². The zero-order chi connectivity index (χ0) is 22.8. The fourth-order valence-corrected chi connectivity index (χ4v) is 3.02. The highest BCUT2D eigenvalue weighted by molar-refractivity contribution is 5.89. The first-order chi connectivity index (χ1) is 14.8. The van der Waals surface area contributed by atoms with Crippen LogP contribution in [0.2, 0.25) is 0 Å². The Morgan fingerprint density at radius 2 is 1.71 bits per heavy atom. The van der Waals surface area contributed by atoms with Gasteiger partial charge < -0.3 is 10.1 Å². The molecule has 0 aromatic heterocycles. The van der Waals surface area contributed by atoms with E-state index in [0.717, 1.165) is 11.1 Å². The molecule has 2 rings (SSSR count). The molecule has 0 aliphatic heterocycles. The maximum Gasteiger partial charge on any atom is 0.262 e. The molecule has 0 unspecified atom stereocenters. The SMILES string of the molecule is Cc1ccccc1OCC(=O)N[C@H](CC(C)C)C(=O)N/N=C\c1ccc(C(C)C)cc1. The highest BCUT2D eigenvalue weighted by Gasteiger charge is 2.22. The number of rotatable bonds is 10. The third-order valence-electron chi connectivity index (χ3n) is 4.80. The number of hydrogen-bond acceptors (Lipinski definition) is 4. The molecule has 31 heavy (non-hydrogen) atoms. The third kappa shape index (κ3) is 8.24. The molecule has 1 atom stereocenters. The van der Waals surface area contributed by atoms with Gasteiger partial charge in [-0.3, -0.25) is 9.59 Å². The lowest BCUT2D eigenvalue weighted by molar-refractivity contribution is -0.130. The number of para-hydroxylation sites is 1. The topological polar surface area (TPSA) is 79.8 Å². The summed E-state index contributed by atoms with van der Waals surface area (Å²) < 4.78 is 5.58. The number of aryl methyl sites for hydroxylation is 1. The molecule has 0 bridgehead atoms. The minimum Gasteiger partial charge on any atom is -0.484 e. The first kappa shape index (κ1) is 24.1. The van der Waals surface area contributed by atoms with Crippen molar-refractivity contribution in [3.05, 3.63) is 65.2 Å². The van der Waals surface area contributed by atoms with Crippen LogP contribution in [0.3, 0.4) is 0 Å². The molecule has 0 fully saturated rings. The van der Waals surface area contributed by atoms with Gasteiger partial charge in [-0.1, -0.05) is 70.2 Å². The molecule has 2 N–H and O–H groups in total. The first-order valence-electron chi connectivity index (χ1n) is 10.7. The van der Waals surface area contributed by atoms with E-state index in [1.165, 1.54) is 5.56 Å². The van der Waals surface area contributed by atoms with Gasteiger partial charge in [0, 0.05) is 0 Å². The zero-order valence-corrected chi connectivity index (χ0v) is 19.0. The highest BCUT2D eigenvalue weighted by Crippen LogP contribution is 2.16. The predicted octanol–water partition coefficient (Wildman–Crippen LogP) is 4.18. The van der Waals surface area contributed by atoms with Crippen molar-refractivity contribution in [1.82, 2.24) is 10.7 Å². The Kier molecular flexibility index (Phi) is 9.25. The number of hydrogen-bond donors (Lipinski definition) is 2.